The summed E-state index contributed by atoms with van der Waals surface area (Å²) in [7, 11) is 0. The molecule has 1 amide bonds. The summed E-state index contributed by atoms with van der Waals surface area (Å²) in [6.07, 6.45) is 0.987. The van der Waals surface area contributed by atoms with Crippen molar-refractivity contribution in [2.75, 3.05) is 6.54 Å². The molecule has 8 nitrogen and oxygen atoms in total. The molecule has 0 saturated carbocycles. The Morgan fingerprint density at radius 1 is 1.23 bits per heavy atom. The number of nitrogens with one attached hydrogen (secondary N) is 1. The number of aryl methyl sites for hydroxylation is 1. The Morgan fingerprint density at radius 2 is 2.03 bits per heavy atom. The lowest BCUT2D eigenvalue weighted by Crippen LogP contribution is -2.39. The number of rotatable bonds is 4. The normalized spacial score (nSPS) is 13.0. The van der Waals surface area contributed by atoms with Gasteiger partial charge < -0.3 is 9.88 Å². The molecule has 0 unspecified atom stereocenters. The van der Waals surface area contributed by atoms with Crippen LogP contribution in [0.4, 0.5) is 5.69 Å². The molecule has 0 atom stereocenters. The number of H-pyrrole nitrogens is 1. The Bertz CT molecular complexity index is 1200. The van der Waals surface area contributed by atoms with Crippen LogP contribution in [0, 0.1) is 17.0 Å². The van der Waals surface area contributed by atoms with Gasteiger partial charge in [-0.1, -0.05) is 35.9 Å². The minimum absolute atomic E-state index is 0.129. The number of nitro groups is 1. The fraction of sp³-hybridized carbons (Fsp3) is 0.227. The summed E-state index contributed by atoms with van der Waals surface area (Å²) in [6, 6.07) is 13.6. The van der Waals surface area contributed by atoms with E-state index in [-0.39, 0.29) is 29.3 Å². The Morgan fingerprint density at radius 3 is 2.80 bits per heavy atom. The molecule has 152 valence electrons. The van der Waals surface area contributed by atoms with Crippen molar-refractivity contribution in [1.82, 2.24) is 14.9 Å². The monoisotopic (exact) mass is 404 g/mol. The van der Waals surface area contributed by atoms with Gasteiger partial charge in [0, 0.05) is 37.1 Å². The largest absolute Gasteiger partial charge is 0.334 e. The Hall–Kier alpha value is -3.81. The summed E-state index contributed by atoms with van der Waals surface area (Å²) in [6.45, 7) is 2.54. The van der Waals surface area contributed by atoms with E-state index in [0.717, 1.165) is 11.1 Å². The first-order valence-corrected chi connectivity index (χ1v) is 9.61. The van der Waals surface area contributed by atoms with Crippen molar-refractivity contribution in [3.05, 3.63) is 103 Å². The van der Waals surface area contributed by atoms with E-state index in [0.29, 0.717) is 36.5 Å². The second kappa shape index (κ2) is 7.90. The zero-order chi connectivity index (χ0) is 21.3. The third-order valence-corrected chi connectivity index (χ3v) is 5.16. The van der Waals surface area contributed by atoms with Crippen molar-refractivity contribution in [3.63, 3.8) is 0 Å². The second-order valence-corrected chi connectivity index (χ2v) is 7.39. The van der Waals surface area contributed by atoms with Gasteiger partial charge in [0.15, 0.2) is 0 Å². The van der Waals surface area contributed by atoms with Crippen LogP contribution in [0.25, 0.3) is 0 Å². The first-order valence-electron chi connectivity index (χ1n) is 9.61. The highest BCUT2D eigenvalue weighted by atomic mass is 16.6. The third kappa shape index (κ3) is 3.98. The number of aromatic amines is 1. The quantitative estimate of drug-likeness (QED) is 0.531. The molecule has 2 heterocycles. The van der Waals surface area contributed by atoms with Gasteiger partial charge in [-0.2, -0.15) is 0 Å². The number of aromatic nitrogens is 2. The summed E-state index contributed by atoms with van der Waals surface area (Å²) in [5, 5.41) is 11.0. The van der Waals surface area contributed by atoms with Crippen LogP contribution in [0.5, 0.6) is 0 Å². The number of amides is 1. The predicted octanol–water partition coefficient (Wildman–Crippen LogP) is 2.78. The highest BCUT2D eigenvalue weighted by molar-refractivity contribution is 5.95. The Kier molecular flexibility index (Phi) is 5.14. The maximum absolute atomic E-state index is 12.8. The molecule has 0 bridgehead atoms. The number of hydrogen-bond donors (Lipinski definition) is 1. The summed E-state index contributed by atoms with van der Waals surface area (Å²) in [5.41, 5.74) is 3.21. The zero-order valence-corrected chi connectivity index (χ0v) is 16.4. The van der Waals surface area contributed by atoms with E-state index in [2.05, 4.69) is 16.0 Å². The fourth-order valence-corrected chi connectivity index (χ4v) is 3.68. The lowest BCUT2D eigenvalue weighted by molar-refractivity contribution is -0.384. The van der Waals surface area contributed by atoms with Crippen LogP contribution < -0.4 is 5.56 Å². The van der Waals surface area contributed by atoms with Crippen molar-refractivity contribution < 1.29 is 9.72 Å². The minimum atomic E-state index is -0.535. The van der Waals surface area contributed by atoms with E-state index in [4.69, 9.17) is 0 Å². The molecule has 4 rings (SSSR count). The van der Waals surface area contributed by atoms with Crippen molar-refractivity contribution in [1.29, 1.82) is 0 Å². The van der Waals surface area contributed by atoms with Gasteiger partial charge in [-0.25, -0.2) is 4.98 Å². The molecule has 2 aromatic carbocycles. The summed E-state index contributed by atoms with van der Waals surface area (Å²) in [5.74, 6) is 0.260. The van der Waals surface area contributed by atoms with Gasteiger partial charge in [-0.3, -0.25) is 19.7 Å². The lowest BCUT2D eigenvalue weighted by Gasteiger charge is -2.28. The number of non-ortho nitro benzene ring substituents is 1. The van der Waals surface area contributed by atoms with Crippen LogP contribution in [0.15, 0.2) is 53.3 Å². The molecule has 1 N–H and O–H groups in total. The summed E-state index contributed by atoms with van der Waals surface area (Å²) in [4.78, 5) is 44.9. The van der Waals surface area contributed by atoms with Gasteiger partial charge in [0.1, 0.15) is 5.82 Å². The van der Waals surface area contributed by atoms with Crippen molar-refractivity contribution in [2.45, 2.75) is 26.3 Å². The van der Waals surface area contributed by atoms with Crippen molar-refractivity contribution in [2.24, 2.45) is 0 Å². The predicted molar refractivity (Wildman–Crippen MR) is 110 cm³/mol. The van der Waals surface area contributed by atoms with Crippen molar-refractivity contribution >= 4 is 11.6 Å². The number of hydrogen-bond acceptors (Lipinski definition) is 5. The van der Waals surface area contributed by atoms with E-state index in [1.54, 1.807) is 0 Å². The number of carbonyl (C=O) groups is 1. The molecule has 0 saturated heterocycles. The molecule has 0 aliphatic carbocycles. The molecule has 1 aliphatic heterocycles. The van der Waals surface area contributed by atoms with E-state index >= 15 is 0 Å². The number of benzene rings is 2. The van der Waals surface area contributed by atoms with Crippen LogP contribution in [0.2, 0.25) is 0 Å². The molecule has 30 heavy (non-hydrogen) atoms. The van der Waals surface area contributed by atoms with Crippen LogP contribution in [-0.4, -0.2) is 32.2 Å². The Balaban J connectivity index is 1.55. The van der Waals surface area contributed by atoms with E-state index in [1.165, 1.54) is 29.2 Å². The molecular weight excluding hydrogens is 384 g/mol. The molecule has 0 fully saturated rings. The molecule has 1 aromatic heterocycles. The second-order valence-electron chi connectivity index (χ2n) is 7.39. The van der Waals surface area contributed by atoms with Crippen molar-refractivity contribution in [3.8, 4) is 0 Å². The summed E-state index contributed by atoms with van der Waals surface area (Å²) >= 11 is 0. The van der Waals surface area contributed by atoms with Gasteiger partial charge in [-0.15, -0.1) is 0 Å². The van der Waals surface area contributed by atoms with Crippen LogP contribution in [0.1, 0.15) is 38.6 Å². The zero-order valence-electron chi connectivity index (χ0n) is 16.4. The average molecular weight is 404 g/mol. The molecule has 1 aliphatic rings. The standard InChI is InChI=1S/C22H20N4O4/c1-14-4-2-5-15(10-14)11-20-23-19-8-9-25(13-18(19)21(27)24-20)22(28)16-6-3-7-17(12-16)26(29)30/h2-7,10,12H,8-9,11,13H2,1H3,(H,23,24,27). The van der Waals surface area contributed by atoms with E-state index in [1.807, 2.05) is 25.1 Å². The molecule has 0 spiro atoms. The summed E-state index contributed by atoms with van der Waals surface area (Å²) < 4.78 is 0. The topological polar surface area (TPSA) is 109 Å². The number of nitro benzene ring substituents is 1. The smallest absolute Gasteiger partial charge is 0.270 e. The maximum Gasteiger partial charge on any atom is 0.270 e. The number of fused-ring (bicyclic) bond motifs is 1. The van der Waals surface area contributed by atoms with Crippen LogP contribution in [-0.2, 0) is 19.4 Å². The van der Waals surface area contributed by atoms with Gasteiger partial charge in [0.25, 0.3) is 17.2 Å². The lowest BCUT2D eigenvalue weighted by atomic mass is 10.0. The fourth-order valence-electron chi connectivity index (χ4n) is 3.68. The van der Waals surface area contributed by atoms with E-state index in [9.17, 15) is 19.7 Å². The maximum atomic E-state index is 12.8. The highest BCUT2D eigenvalue weighted by Gasteiger charge is 2.26. The van der Waals surface area contributed by atoms with Gasteiger partial charge in [0.2, 0.25) is 0 Å². The Labute approximate surface area is 172 Å². The van der Waals surface area contributed by atoms with Gasteiger partial charge in [-0.05, 0) is 18.6 Å². The number of nitrogens with zero attached hydrogens (tertiary/aromatic N) is 3. The molecule has 3 aromatic rings. The third-order valence-electron chi connectivity index (χ3n) is 5.16. The SMILES string of the molecule is Cc1cccc(Cc2nc3c(c(=O)[nH]2)CN(C(=O)c2cccc([N+](=O)[O-])c2)CC3)c1. The first kappa shape index (κ1) is 19.5. The van der Waals surface area contributed by atoms with Crippen LogP contribution in [0.3, 0.4) is 0 Å². The average Bonchev–Trinajstić information content (AvgIpc) is 2.73. The molecule has 0 radical (unpaired) electrons. The first-order chi connectivity index (χ1) is 14.4. The van der Waals surface area contributed by atoms with Gasteiger partial charge in [0.05, 0.1) is 22.7 Å². The van der Waals surface area contributed by atoms with Crippen LogP contribution >= 0.6 is 0 Å². The van der Waals surface area contributed by atoms with Gasteiger partial charge >= 0.3 is 0 Å². The minimum Gasteiger partial charge on any atom is -0.334 e. The highest BCUT2D eigenvalue weighted by Crippen LogP contribution is 2.20. The van der Waals surface area contributed by atoms with E-state index < -0.39 is 4.92 Å². The molecular formula is C22H20N4O4. The number of carbonyl (C=O) groups excluding carboxylic acids is 1. The molecule has 8 heteroatoms.